The highest BCUT2D eigenvalue weighted by atomic mass is 16.8. The van der Waals surface area contributed by atoms with Crippen LogP contribution in [0.1, 0.15) is 0 Å². The van der Waals surface area contributed by atoms with Crippen LogP contribution in [-0.4, -0.2) is 11.9 Å². The van der Waals surface area contributed by atoms with Gasteiger partial charge < -0.3 is 14.7 Å². The van der Waals surface area contributed by atoms with Gasteiger partial charge in [0.15, 0.2) is 5.75 Å². The molecule has 1 aliphatic heterocycles. The van der Waals surface area contributed by atoms with Crippen LogP contribution in [0.5, 0.6) is 11.5 Å². The van der Waals surface area contributed by atoms with Crippen LogP contribution >= 0.6 is 0 Å². The molecule has 13 heavy (non-hydrogen) atoms. The molecular formula is C7H4N2O4. The molecule has 0 fully saturated rings. The molecule has 1 aliphatic rings. The SMILES string of the molecule is [O-][n+]1onc2c3c(ccc21)OCO3. The fourth-order valence-electron chi connectivity index (χ4n) is 1.30. The van der Waals surface area contributed by atoms with Crippen molar-refractivity contribution >= 4 is 11.0 Å². The Bertz CT molecular complexity index is 479. The molecule has 0 atom stereocenters. The van der Waals surface area contributed by atoms with Gasteiger partial charge in [0.2, 0.25) is 18.1 Å². The van der Waals surface area contributed by atoms with Gasteiger partial charge in [-0.25, -0.2) is 0 Å². The monoisotopic (exact) mass is 180 g/mol. The summed E-state index contributed by atoms with van der Waals surface area (Å²) >= 11 is 0. The van der Waals surface area contributed by atoms with Crippen LogP contribution in [0.4, 0.5) is 0 Å². The third kappa shape index (κ3) is 0.715. The van der Waals surface area contributed by atoms with Gasteiger partial charge in [-0.15, -0.1) is 0 Å². The number of rotatable bonds is 0. The predicted molar refractivity (Wildman–Crippen MR) is 39.1 cm³/mol. The first kappa shape index (κ1) is 6.53. The van der Waals surface area contributed by atoms with Gasteiger partial charge in [0.05, 0.1) is 5.16 Å². The molecule has 0 radical (unpaired) electrons. The van der Waals surface area contributed by atoms with Crippen molar-refractivity contribution in [2.75, 3.05) is 6.79 Å². The highest BCUT2D eigenvalue weighted by molar-refractivity contribution is 5.81. The van der Waals surface area contributed by atoms with Crippen molar-refractivity contribution < 1.29 is 19.0 Å². The highest BCUT2D eigenvalue weighted by Gasteiger charge is 2.24. The van der Waals surface area contributed by atoms with Crippen LogP contribution in [0.3, 0.4) is 0 Å². The molecule has 0 aliphatic carbocycles. The summed E-state index contributed by atoms with van der Waals surface area (Å²) < 4.78 is 14.6. The van der Waals surface area contributed by atoms with Gasteiger partial charge in [0.1, 0.15) is 0 Å². The zero-order valence-corrected chi connectivity index (χ0v) is 6.39. The van der Waals surface area contributed by atoms with E-state index in [9.17, 15) is 5.21 Å². The molecule has 6 heteroatoms. The Kier molecular flexibility index (Phi) is 1.02. The molecule has 0 bridgehead atoms. The molecule has 0 spiro atoms. The number of hydrogen-bond donors (Lipinski definition) is 0. The lowest BCUT2D eigenvalue weighted by Crippen LogP contribution is -2.22. The lowest BCUT2D eigenvalue weighted by Gasteiger charge is -1.90. The van der Waals surface area contributed by atoms with E-state index in [4.69, 9.17) is 9.47 Å². The minimum absolute atomic E-state index is 0.153. The summed E-state index contributed by atoms with van der Waals surface area (Å²) in [5.41, 5.74) is 0.731. The largest absolute Gasteiger partial charge is 0.453 e. The summed E-state index contributed by atoms with van der Waals surface area (Å²) in [6.45, 7) is 0.153. The van der Waals surface area contributed by atoms with Crippen LogP contribution in [0.25, 0.3) is 11.0 Å². The quantitative estimate of drug-likeness (QED) is 0.541. The van der Waals surface area contributed by atoms with Crippen molar-refractivity contribution in [2.24, 2.45) is 0 Å². The Morgan fingerprint density at radius 1 is 1.38 bits per heavy atom. The molecule has 66 valence electrons. The van der Waals surface area contributed by atoms with Crippen LogP contribution in [-0.2, 0) is 0 Å². The molecule has 0 N–H and O–H groups in total. The van der Waals surface area contributed by atoms with Gasteiger partial charge in [-0.05, 0) is 17.0 Å². The Morgan fingerprint density at radius 3 is 3.23 bits per heavy atom. The summed E-state index contributed by atoms with van der Waals surface area (Å²) in [5, 5.41) is 14.5. The first-order valence-corrected chi connectivity index (χ1v) is 3.64. The second-order valence-electron chi connectivity index (χ2n) is 2.60. The summed E-state index contributed by atoms with van der Waals surface area (Å²) in [6, 6.07) is 3.22. The topological polar surface area (TPSA) is 71.4 Å². The van der Waals surface area contributed by atoms with Gasteiger partial charge >= 0.3 is 0 Å². The lowest BCUT2D eigenvalue weighted by molar-refractivity contribution is -0.782. The average Bonchev–Trinajstić information content (AvgIpc) is 2.70. The molecule has 2 aromatic rings. The van der Waals surface area contributed by atoms with Crippen LogP contribution in [0.15, 0.2) is 16.8 Å². The second kappa shape index (κ2) is 2.03. The van der Waals surface area contributed by atoms with Crippen molar-refractivity contribution in [3.8, 4) is 11.5 Å². The Morgan fingerprint density at radius 2 is 2.31 bits per heavy atom. The molecular weight excluding hydrogens is 176 g/mol. The molecule has 3 rings (SSSR count). The van der Waals surface area contributed by atoms with Crippen LogP contribution in [0, 0.1) is 5.21 Å². The average molecular weight is 180 g/mol. The molecule has 2 heterocycles. The minimum atomic E-state index is 0.153. The van der Waals surface area contributed by atoms with Gasteiger partial charge in [0.25, 0.3) is 5.52 Å². The van der Waals surface area contributed by atoms with Crippen LogP contribution in [0.2, 0.25) is 0 Å². The molecule has 6 nitrogen and oxygen atoms in total. The van der Waals surface area contributed by atoms with E-state index in [0.29, 0.717) is 27.4 Å². The van der Waals surface area contributed by atoms with E-state index >= 15 is 0 Å². The van der Waals surface area contributed by atoms with Crippen molar-refractivity contribution in [1.29, 1.82) is 0 Å². The third-order valence-corrected chi connectivity index (χ3v) is 1.89. The van der Waals surface area contributed by atoms with E-state index in [-0.39, 0.29) is 6.79 Å². The molecule has 0 unspecified atom stereocenters. The van der Waals surface area contributed by atoms with E-state index in [1.165, 1.54) is 0 Å². The molecule has 0 amide bonds. The summed E-state index contributed by atoms with van der Waals surface area (Å²) in [6.07, 6.45) is 0. The number of fused-ring (bicyclic) bond motifs is 3. The maximum absolute atomic E-state index is 11.0. The second-order valence-corrected chi connectivity index (χ2v) is 2.60. The van der Waals surface area contributed by atoms with Gasteiger partial charge in [0, 0.05) is 0 Å². The Balaban J connectivity index is 2.44. The zero-order valence-electron chi connectivity index (χ0n) is 6.39. The fraction of sp³-hybridized carbons (Fsp3) is 0.143. The fourth-order valence-corrected chi connectivity index (χ4v) is 1.30. The van der Waals surface area contributed by atoms with E-state index in [0.717, 1.165) is 0 Å². The Hall–Kier alpha value is -1.98. The van der Waals surface area contributed by atoms with Crippen molar-refractivity contribution in [3.63, 3.8) is 0 Å². The number of hydrogen-bond acceptors (Lipinski definition) is 5. The van der Waals surface area contributed by atoms with Crippen molar-refractivity contribution in [3.05, 3.63) is 17.3 Å². The van der Waals surface area contributed by atoms with E-state index in [1.807, 2.05) is 0 Å². The molecule has 0 saturated carbocycles. The van der Waals surface area contributed by atoms with Crippen molar-refractivity contribution in [1.82, 2.24) is 5.16 Å². The minimum Gasteiger partial charge on any atom is -0.453 e. The van der Waals surface area contributed by atoms with Gasteiger partial charge in [-0.3, -0.25) is 4.63 Å². The van der Waals surface area contributed by atoms with Gasteiger partial charge in [-0.1, -0.05) is 0 Å². The number of aromatic nitrogens is 2. The smallest absolute Gasteiger partial charge is 0.294 e. The first-order valence-electron chi connectivity index (χ1n) is 3.64. The van der Waals surface area contributed by atoms with E-state index < -0.39 is 0 Å². The van der Waals surface area contributed by atoms with Crippen LogP contribution < -0.4 is 14.4 Å². The lowest BCUT2D eigenvalue weighted by atomic mass is 10.3. The zero-order chi connectivity index (χ0) is 8.84. The predicted octanol–water partition coefficient (Wildman–Crippen LogP) is 0.190. The molecule has 1 aromatic heterocycles. The molecule has 1 aromatic carbocycles. The third-order valence-electron chi connectivity index (χ3n) is 1.89. The number of nitrogens with zero attached hydrogens (tertiary/aromatic N) is 2. The first-order chi connectivity index (χ1) is 6.36. The summed E-state index contributed by atoms with van der Waals surface area (Å²) in [5.74, 6) is 1.05. The highest BCUT2D eigenvalue weighted by Crippen LogP contribution is 2.36. The standard InChI is InChI=1S/C7H4N2O4/c10-9-4-1-2-5-7(12-3-11-5)6(4)8-13-9/h1-2H,3H2. The van der Waals surface area contributed by atoms with E-state index in [1.54, 1.807) is 12.1 Å². The van der Waals surface area contributed by atoms with Gasteiger partial charge in [-0.2, -0.15) is 0 Å². The number of ether oxygens (including phenoxy) is 2. The molecule has 0 saturated heterocycles. The van der Waals surface area contributed by atoms with Crippen molar-refractivity contribution in [2.45, 2.75) is 0 Å². The summed E-state index contributed by atoms with van der Waals surface area (Å²) in [7, 11) is 0. The van der Waals surface area contributed by atoms with E-state index in [2.05, 4.69) is 9.79 Å². The Labute approximate surface area is 71.8 Å². The maximum atomic E-state index is 11.0. The summed E-state index contributed by atoms with van der Waals surface area (Å²) in [4.78, 5) is 0.331. The normalized spacial score (nSPS) is 13.8. The maximum Gasteiger partial charge on any atom is 0.294 e. The number of benzene rings is 1.